The smallest absolute Gasteiger partial charge is 0.316 e. The molecule has 0 aliphatic carbocycles. The molecule has 6 nitrogen and oxygen atoms in total. The van der Waals surface area contributed by atoms with Gasteiger partial charge in [-0.2, -0.15) is 0 Å². The molecule has 0 aromatic heterocycles. The number of nitro groups is 1. The molecule has 0 fully saturated rings. The van der Waals surface area contributed by atoms with Gasteiger partial charge in [-0.3, -0.25) is 19.7 Å². The minimum absolute atomic E-state index is 0.117. The lowest BCUT2D eigenvalue weighted by atomic mass is 9.95. The molecule has 0 aliphatic rings. The van der Waals surface area contributed by atoms with Crippen molar-refractivity contribution in [2.45, 2.75) is 26.7 Å². The van der Waals surface area contributed by atoms with E-state index in [1.165, 1.54) is 25.1 Å². The van der Waals surface area contributed by atoms with Crippen molar-refractivity contribution in [2.24, 2.45) is 5.92 Å². The van der Waals surface area contributed by atoms with Gasteiger partial charge >= 0.3 is 5.97 Å². The fraction of sp³-hybridized carbons (Fsp3) is 0.429. The number of Topliss-reactive ketones (excluding diaryl/α,β-unsaturated/α-hetero) is 1. The maximum absolute atomic E-state index is 11.7. The van der Waals surface area contributed by atoms with Crippen molar-refractivity contribution in [1.29, 1.82) is 0 Å². The second-order valence-corrected chi connectivity index (χ2v) is 4.92. The van der Waals surface area contributed by atoms with Crippen LogP contribution in [-0.4, -0.2) is 23.3 Å². The van der Waals surface area contributed by atoms with Crippen LogP contribution in [0.1, 0.15) is 25.8 Å². The molecule has 0 heterocycles. The molecule has 21 heavy (non-hydrogen) atoms. The molecule has 0 spiro atoms. The number of esters is 1. The van der Waals surface area contributed by atoms with Crippen LogP contribution in [0.15, 0.2) is 18.2 Å². The minimum atomic E-state index is -0.903. The number of nitro benzene ring substituents is 1. The first-order valence-electron chi connectivity index (χ1n) is 6.46. The van der Waals surface area contributed by atoms with Gasteiger partial charge in [-0.15, -0.1) is 0 Å². The second kappa shape index (κ2) is 7.73. The van der Waals surface area contributed by atoms with Crippen molar-refractivity contribution in [3.05, 3.63) is 38.9 Å². The van der Waals surface area contributed by atoms with Crippen LogP contribution in [0.25, 0.3) is 0 Å². The van der Waals surface area contributed by atoms with Crippen LogP contribution in [0, 0.1) is 16.0 Å². The Morgan fingerprint density at radius 1 is 1.43 bits per heavy atom. The van der Waals surface area contributed by atoms with E-state index in [2.05, 4.69) is 0 Å². The Balaban J connectivity index is 2.88. The normalized spacial score (nSPS) is 11.8. The Labute approximate surface area is 127 Å². The van der Waals surface area contributed by atoms with Crippen molar-refractivity contribution in [2.75, 3.05) is 6.61 Å². The molecule has 0 saturated carbocycles. The molecule has 114 valence electrons. The predicted octanol–water partition coefficient (Wildman–Crippen LogP) is 2.95. The van der Waals surface area contributed by atoms with Crippen LogP contribution in [0.5, 0.6) is 0 Å². The highest BCUT2D eigenvalue weighted by atomic mass is 35.5. The maximum atomic E-state index is 11.7. The zero-order chi connectivity index (χ0) is 16.0. The van der Waals surface area contributed by atoms with E-state index in [1.54, 1.807) is 6.92 Å². The van der Waals surface area contributed by atoms with Crippen LogP contribution in [0.4, 0.5) is 5.69 Å². The summed E-state index contributed by atoms with van der Waals surface area (Å²) in [6.45, 7) is 3.14. The summed E-state index contributed by atoms with van der Waals surface area (Å²) in [4.78, 5) is 33.6. The van der Waals surface area contributed by atoms with Gasteiger partial charge in [0.15, 0.2) is 0 Å². The third-order valence-corrected chi connectivity index (χ3v) is 3.24. The number of carbonyl (C=O) groups is 2. The van der Waals surface area contributed by atoms with Gasteiger partial charge in [-0.25, -0.2) is 0 Å². The van der Waals surface area contributed by atoms with Crippen LogP contribution in [0.2, 0.25) is 5.02 Å². The Morgan fingerprint density at radius 2 is 2.10 bits per heavy atom. The molecule has 1 rings (SSSR count). The summed E-state index contributed by atoms with van der Waals surface area (Å²) in [5, 5.41) is 11.2. The van der Waals surface area contributed by atoms with Gasteiger partial charge < -0.3 is 4.74 Å². The second-order valence-electron chi connectivity index (χ2n) is 4.48. The fourth-order valence-electron chi connectivity index (χ4n) is 1.95. The van der Waals surface area contributed by atoms with E-state index < -0.39 is 16.8 Å². The van der Waals surface area contributed by atoms with Crippen molar-refractivity contribution < 1.29 is 19.2 Å². The summed E-state index contributed by atoms with van der Waals surface area (Å²) in [6, 6.07) is 4.32. The maximum Gasteiger partial charge on any atom is 0.316 e. The standard InChI is InChI=1S/C14H16ClNO5/c1-3-21-14(18)12(9(2)17)7-5-10-4-6-11(15)8-13(10)16(19)20/h4,6,8,12H,3,5,7H2,1-2H3. The molecule has 0 bridgehead atoms. The van der Waals surface area contributed by atoms with Gasteiger partial charge in [0.05, 0.1) is 11.5 Å². The van der Waals surface area contributed by atoms with Crippen LogP contribution in [0.3, 0.4) is 0 Å². The van der Waals surface area contributed by atoms with Crippen LogP contribution in [-0.2, 0) is 20.7 Å². The van der Waals surface area contributed by atoms with Gasteiger partial charge in [0.25, 0.3) is 5.69 Å². The highest BCUT2D eigenvalue weighted by molar-refractivity contribution is 6.30. The molecule has 0 saturated heterocycles. The summed E-state index contributed by atoms with van der Waals surface area (Å²) in [6.07, 6.45) is 0.382. The van der Waals surface area contributed by atoms with Gasteiger partial charge in [-0.05, 0) is 32.8 Å². The third-order valence-electron chi connectivity index (χ3n) is 3.01. The molecule has 0 aliphatic heterocycles. The SMILES string of the molecule is CCOC(=O)C(CCc1ccc(Cl)cc1[N+](=O)[O-])C(C)=O. The number of ketones is 1. The van der Waals surface area contributed by atoms with Gasteiger partial charge in [-0.1, -0.05) is 17.7 Å². The summed E-state index contributed by atoms with van der Waals surface area (Å²) in [7, 11) is 0. The topological polar surface area (TPSA) is 86.5 Å². The minimum Gasteiger partial charge on any atom is -0.465 e. The summed E-state index contributed by atoms with van der Waals surface area (Å²) in [5.41, 5.74) is 0.314. The van der Waals surface area contributed by atoms with Gasteiger partial charge in [0.1, 0.15) is 11.7 Å². The first-order chi connectivity index (χ1) is 9.86. The average molecular weight is 314 g/mol. The number of hydrogen-bond donors (Lipinski definition) is 0. The van der Waals surface area contributed by atoms with Crippen molar-refractivity contribution in [3.63, 3.8) is 0 Å². The molecule has 1 unspecified atom stereocenters. The lowest BCUT2D eigenvalue weighted by Gasteiger charge is -2.12. The Hall–Kier alpha value is -1.95. The number of aryl methyl sites for hydroxylation is 1. The number of ether oxygens (including phenoxy) is 1. The molecule has 7 heteroatoms. The van der Waals surface area contributed by atoms with Crippen molar-refractivity contribution >= 4 is 29.0 Å². The van der Waals surface area contributed by atoms with Crippen molar-refractivity contribution in [3.8, 4) is 0 Å². The van der Waals surface area contributed by atoms with E-state index in [-0.39, 0.29) is 35.9 Å². The highest BCUT2D eigenvalue weighted by Crippen LogP contribution is 2.25. The molecule has 0 N–H and O–H groups in total. The van der Waals surface area contributed by atoms with E-state index in [0.717, 1.165) is 0 Å². The number of rotatable bonds is 7. The number of benzene rings is 1. The number of halogens is 1. The van der Waals surface area contributed by atoms with E-state index in [9.17, 15) is 19.7 Å². The molecular formula is C14H16ClNO5. The fourth-order valence-corrected chi connectivity index (χ4v) is 2.11. The number of hydrogen-bond acceptors (Lipinski definition) is 5. The predicted molar refractivity (Wildman–Crippen MR) is 77.2 cm³/mol. The molecule has 0 amide bonds. The first kappa shape index (κ1) is 17.1. The van der Waals surface area contributed by atoms with E-state index >= 15 is 0 Å². The third kappa shape index (κ3) is 4.82. The zero-order valence-corrected chi connectivity index (χ0v) is 12.6. The quantitative estimate of drug-likeness (QED) is 0.334. The lowest BCUT2D eigenvalue weighted by molar-refractivity contribution is -0.385. The van der Waals surface area contributed by atoms with Crippen LogP contribution >= 0.6 is 11.6 Å². The van der Waals surface area contributed by atoms with Gasteiger partial charge in [0.2, 0.25) is 0 Å². The molecule has 1 aromatic rings. The average Bonchev–Trinajstić information content (AvgIpc) is 2.40. The summed E-state index contributed by atoms with van der Waals surface area (Å²) >= 11 is 5.73. The van der Waals surface area contributed by atoms with E-state index in [4.69, 9.17) is 16.3 Å². The first-order valence-corrected chi connectivity index (χ1v) is 6.84. The Morgan fingerprint density at radius 3 is 2.62 bits per heavy atom. The zero-order valence-electron chi connectivity index (χ0n) is 11.8. The van der Waals surface area contributed by atoms with Crippen LogP contribution < -0.4 is 0 Å². The van der Waals surface area contributed by atoms with E-state index in [0.29, 0.717) is 5.56 Å². The Kier molecular flexibility index (Phi) is 6.30. The molecule has 1 atom stereocenters. The summed E-state index contributed by atoms with van der Waals surface area (Å²) < 4.78 is 4.84. The molecule has 1 aromatic carbocycles. The number of nitrogens with zero attached hydrogens (tertiary/aromatic N) is 1. The monoisotopic (exact) mass is 313 g/mol. The lowest BCUT2D eigenvalue weighted by Crippen LogP contribution is -2.25. The van der Waals surface area contributed by atoms with Gasteiger partial charge in [0, 0.05) is 16.7 Å². The largest absolute Gasteiger partial charge is 0.465 e. The Bertz CT molecular complexity index is 558. The molecule has 0 radical (unpaired) electrons. The number of carbonyl (C=O) groups excluding carboxylic acids is 2. The highest BCUT2D eigenvalue weighted by Gasteiger charge is 2.25. The summed E-state index contributed by atoms with van der Waals surface area (Å²) in [5.74, 6) is -1.81. The van der Waals surface area contributed by atoms with Crippen molar-refractivity contribution in [1.82, 2.24) is 0 Å². The molecular weight excluding hydrogens is 298 g/mol. The van der Waals surface area contributed by atoms with E-state index in [1.807, 2.05) is 0 Å².